The molecule has 28 heavy (non-hydrogen) atoms. The minimum absolute atomic E-state index is 0.689. The summed E-state index contributed by atoms with van der Waals surface area (Å²) in [5, 5.41) is 9.34. The third kappa shape index (κ3) is 3.49. The Kier molecular flexibility index (Phi) is 5.11. The molecule has 138 valence electrons. The van der Waals surface area contributed by atoms with Gasteiger partial charge in [-0.25, -0.2) is 15.0 Å². The number of hydrogen-bond acceptors (Lipinski definition) is 4. The standard InChI is InChI=1S/C23H21N5/c1-2-3-8-22-27-21-14-25-16-26-23(21)28(22)15-17-9-11-18(12-10-17)20-7-5-4-6-19(20)13-24/h4-7,9-12,14,16H,2-3,8,15H2,1H3. The number of benzene rings is 2. The van der Waals surface area contributed by atoms with Crippen LogP contribution < -0.4 is 0 Å². The van der Waals surface area contributed by atoms with Gasteiger partial charge in [-0.1, -0.05) is 55.8 Å². The summed E-state index contributed by atoms with van der Waals surface area (Å²) in [5.74, 6) is 1.05. The summed E-state index contributed by atoms with van der Waals surface area (Å²) >= 11 is 0. The Bertz CT molecular complexity index is 1140. The number of unbranched alkanes of at least 4 members (excludes halogenated alkanes) is 1. The van der Waals surface area contributed by atoms with Crippen LogP contribution in [0.25, 0.3) is 22.3 Å². The molecule has 4 rings (SSSR count). The van der Waals surface area contributed by atoms with Gasteiger partial charge in [0.15, 0.2) is 5.65 Å². The quantitative estimate of drug-likeness (QED) is 0.493. The molecule has 5 heteroatoms. The third-order valence-electron chi connectivity index (χ3n) is 4.90. The first kappa shape index (κ1) is 17.9. The average molecular weight is 367 g/mol. The van der Waals surface area contributed by atoms with Crippen molar-refractivity contribution in [3.8, 4) is 17.2 Å². The van der Waals surface area contributed by atoms with Gasteiger partial charge in [-0.3, -0.25) is 0 Å². The van der Waals surface area contributed by atoms with Crippen molar-refractivity contribution in [2.75, 3.05) is 0 Å². The number of aryl methyl sites for hydroxylation is 1. The number of aromatic nitrogens is 4. The van der Waals surface area contributed by atoms with Crippen LogP contribution in [0.3, 0.4) is 0 Å². The molecule has 5 nitrogen and oxygen atoms in total. The van der Waals surface area contributed by atoms with Gasteiger partial charge in [0.05, 0.1) is 24.4 Å². The highest BCUT2D eigenvalue weighted by Gasteiger charge is 2.12. The van der Waals surface area contributed by atoms with E-state index in [0.29, 0.717) is 12.1 Å². The van der Waals surface area contributed by atoms with Gasteiger partial charge in [0.2, 0.25) is 0 Å². The topological polar surface area (TPSA) is 67.4 Å². The smallest absolute Gasteiger partial charge is 0.163 e. The van der Waals surface area contributed by atoms with Crippen LogP contribution in [0, 0.1) is 11.3 Å². The second-order valence-corrected chi connectivity index (χ2v) is 6.80. The molecule has 2 aromatic carbocycles. The van der Waals surface area contributed by atoms with E-state index in [9.17, 15) is 5.26 Å². The Morgan fingerprint density at radius 1 is 1.07 bits per heavy atom. The SMILES string of the molecule is CCCCc1nc2cncnc2n1Cc1ccc(-c2ccccc2C#N)cc1. The van der Waals surface area contributed by atoms with E-state index in [2.05, 4.69) is 51.8 Å². The Labute approximate surface area is 164 Å². The van der Waals surface area contributed by atoms with Crippen molar-refractivity contribution in [2.24, 2.45) is 0 Å². The summed E-state index contributed by atoms with van der Waals surface area (Å²) < 4.78 is 2.19. The van der Waals surface area contributed by atoms with Gasteiger partial charge in [0.25, 0.3) is 0 Å². The number of rotatable bonds is 6. The summed E-state index contributed by atoms with van der Waals surface area (Å²) in [5.41, 5.74) is 5.59. The number of imidazole rings is 1. The zero-order valence-corrected chi connectivity index (χ0v) is 15.8. The van der Waals surface area contributed by atoms with Crippen LogP contribution in [-0.4, -0.2) is 19.5 Å². The summed E-state index contributed by atoms with van der Waals surface area (Å²) in [7, 11) is 0. The molecule has 0 atom stereocenters. The first-order valence-corrected chi connectivity index (χ1v) is 9.53. The molecule has 0 saturated heterocycles. The fraction of sp³-hybridized carbons (Fsp3) is 0.217. The summed E-state index contributed by atoms with van der Waals surface area (Å²) in [4.78, 5) is 13.3. The van der Waals surface area contributed by atoms with Crippen molar-refractivity contribution in [2.45, 2.75) is 32.7 Å². The molecule has 0 fully saturated rings. The predicted octanol–water partition coefficient (Wildman–Crippen LogP) is 4.76. The van der Waals surface area contributed by atoms with Crippen molar-refractivity contribution in [1.29, 1.82) is 5.26 Å². The lowest BCUT2D eigenvalue weighted by Crippen LogP contribution is -2.06. The lowest BCUT2D eigenvalue weighted by Gasteiger charge is -2.10. The maximum atomic E-state index is 9.34. The average Bonchev–Trinajstić information content (AvgIpc) is 3.10. The van der Waals surface area contributed by atoms with Gasteiger partial charge in [-0.15, -0.1) is 0 Å². The van der Waals surface area contributed by atoms with Crippen molar-refractivity contribution in [3.05, 3.63) is 78.0 Å². The maximum Gasteiger partial charge on any atom is 0.163 e. The van der Waals surface area contributed by atoms with Crippen LogP contribution in [0.5, 0.6) is 0 Å². The molecule has 2 heterocycles. The molecular formula is C23H21N5. The van der Waals surface area contributed by atoms with E-state index >= 15 is 0 Å². The molecule has 0 amide bonds. The second kappa shape index (κ2) is 8.01. The molecule has 4 aromatic rings. The largest absolute Gasteiger partial charge is 0.308 e. The zero-order chi connectivity index (χ0) is 19.3. The Hall–Kier alpha value is -3.52. The van der Waals surface area contributed by atoms with Crippen molar-refractivity contribution in [3.63, 3.8) is 0 Å². The molecule has 0 bridgehead atoms. The Balaban J connectivity index is 1.66. The van der Waals surface area contributed by atoms with E-state index in [1.165, 1.54) is 5.56 Å². The molecule has 0 radical (unpaired) electrons. The van der Waals surface area contributed by atoms with Gasteiger partial charge < -0.3 is 4.57 Å². The second-order valence-electron chi connectivity index (χ2n) is 6.80. The lowest BCUT2D eigenvalue weighted by atomic mass is 9.99. The van der Waals surface area contributed by atoms with Gasteiger partial charge in [0, 0.05) is 6.42 Å². The van der Waals surface area contributed by atoms with Gasteiger partial charge in [-0.05, 0) is 29.2 Å². The minimum Gasteiger partial charge on any atom is -0.308 e. The van der Waals surface area contributed by atoms with Crippen molar-refractivity contribution in [1.82, 2.24) is 19.5 Å². The fourth-order valence-corrected chi connectivity index (χ4v) is 3.42. The van der Waals surface area contributed by atoms with Crippen LogP contribution >= 0.6 is 0 Å². The molecule has 0 unspecified atom stereocenters. The Morgan fingerprint density at radius 2 is 1.89 bits per heavy atom. The Morgan fingerprint density at radius 3 is 2.68 bits per heavy atom. The van der Waals surface area contributed by atoms with Gasteiger partial charge >= 0.3 is 0 Å². The maximum absolute atomic E-state index is 9.34. The fourth-order valence-electron chi connectivity index (χ4n) is 3.42. The summed E-state index contributed by atoms with van der Waals surface area (Å²) in [6.45, 7) is 2.90. The molecule has 0 spiro atoms. The monoisotopic (exact) mass is 367 g/mol. The first-order valence-electron chi connectivity index (χ1n) is 9.53. The molecule has 0 aliphatic rings. The number of fused-ring (bicyclic) bond motifs is 1. The number of hydrogen-bond donors (Lipinski definition) is 0. The summed E-state index contributed by atoms with van der Waals surface area (Å²) in [6.07, 6.45) is 6.51. The molecule has 2 aromatic heterocycles. The van der Waals surface area contributed by atoms with Gasteiger partial charge in [-0.2, -0.15) is 5.26 Å². The zero-order valence-electron chi connectivity index (χ0n) is 15.8. The van der Waals surface area contributed by atoms with E-state index in [1.807, 2.05) is 24.3 Å². The molecule has 0 saturated carbocycles. The highest BCUT2D eigenvalue weighted by Crippen LogP contribution is 2.24. The van der Waals surface area contributed by atoms with Crippen LogP contribution in [0.4, 0.5) is 0 Å². The third-order valence-corrected chi connectivity index (χ3v) is 4.90. The summed E-state index contributed by atoms with van der Waals surface area (Å²) in [6, 6.07) is 18.3. The molecule has 0 aliphatic heterocycles. The van der Waals surface area contributed by atoms with Crippen LogP contribution in [0.2, 0.25) is 0 Å². The highest BCUT2D eigenvalue weighted by atomic mass is 15.1. The molecule has 0 aliphatic carbocycles. The van der Waals surface area contributed by atoms with Crippen molar-refractivity contribution < 1.29 is 0 Å². The van der Waals surface area contributed by atoms with Crippen LogP contribution in [0.15, 0.2) is 61.1 Å². The molecule has 0 N–H and O–H groups in total. The van der Waals surface area contributed by atoms with Crippen LogP contribution in [-0.2, 0) is 13.0 Å². The lowest BCUT2D eigenvalue weighted by molar-refractivity contribution is 0.686. The van der Waals surface area contributed by atoms with E-state index in [1.54, 1.807) is 12.5 Å². The van der Waals surface area contributed by atoms with E-state index < -0.39 is 0 Å². The van der Waals surface area contributed by atoms with Crippen molar-refractivity contribution >= 4 is 11.2 Å². The van der Waals surface area contributed by atoms with E-state index in [0.717, 1.165) is 47.4 Å². The number of nitriles is 1. The molecular weight excluding hydrogens is 346 g/mol. The predicted molar refractivity (Wildman–Crippen MR) is 110 cm³/mol. The highest BCUT2D eigenvalue weighted by molar-refractivity contribution is 5.71. The normalized spacial score (nSPS) is 10.9. The van der Waals surface area contributed by atoms with E-state index in [4.69, 9.17) is 4.98 Å². The minimum atomic E-state index is 0.689. The van der Waals surface area contributed by atoms with Gasteiger partial charge in [0.1, 0.15) is 17.7 Å². The number of nitrogens with zero attached hydrogens (tertiary/aromatic N) is 5. The van der Waals surface area contributed by atoms with Crippen LogP contribution in [0.1, 0.15) is 36.7 Å². The van der Waals surface area contributed by atoms with E-state index in [-0.39, 0.29) is 0 Å². The first-order chi connectivity index (χ1) is 13.8.